The summed E-state index contributed by atoms with van der Waals surface area (Å²) in [6, 6.07) is 8.48. The van der Waals surface area contributed by atoms with Crippen LogP contribution in [0.3, 0.4) is 0 Å². The number of nitrogens with zero attached hydrogens (tertiary/aromatic N) is 2. The number of fused-ring (bicyclic) bond motifs is 2. The highest BCUT2D eigenvalue weighted by Gasteiger charge is 2.51. The fraction of sp³-hybridized carbons (Fsp3) is 0.417. The number of hydrogen-bond acceptors (Lipinski definition) is 5. The smallest absolute Gasteiger partial charge is 0.345 e. The van der Waals surface area contributed by atoms with Gasteiger partial charge in [-0.15, -0.1) is 0 Å². The minimum atomic E-state index is -1.44. The van der Waals surface area contributed by atoms with E-state index >= 15 is 0 Å². The highest BCUT2D eigenvalue weighted by molar-refractivity contribution is 5.92. The predicted molar refractivity (Wildman–Crippen MR) is 122 cm³/mol. The summed E-state index contributed by atoms with van der Waals surface area (Å²) in [6.45, 7) is 4.46. The number of rotatable bonds is 6. The Labute approximate surface area is 185 Å². The minimum absolute atomic E-state index is 0.383. The first-order valence-corrected chi connectivity index (χ1v) is 11.1. The molecule has 8 heteroatoms. The third-order valence-corrected chi connectivity index (χ3v) is 7.30. The second-order valence-electron chi connectivity index (χ2n) is 9.05. The summed E-state index contributed by atoms with van der Waals surface area (Å²) in [5.41, 5.74) is 8.49. The first-order chi connectivity index (χ1) is 15.3. The highest BCUT2D eigenvalue weighted by atomic mass is 16.4. The highest BCUT2D eigenvalue weighted by Crippen LogP contribution is 2.49. The number of H-pyrrole nitrogens is 1. The maximum absolute atomic E-state index is 12.3. The quantitative estimate of drug-likeness (QED) is 0.470. The summed E-state index contributed by atoms with van der Waals surface area (Å²) in [6.07, 6.45) is 1.69. The lowest BCUT2D eigenvalue weighted by molar-refractivity contribution is 0.0691. The number of nitrogens with one attached hydrogen (secondary N) is 1. The number of aromatic carboxylic acids is 1. The van der Waals surface area contributed by atoms with Crippen molar-refractivity contribution in [1.82, 2.24) is 14.5 Å². The fourth-order valence-corrected chi connectivity index (χ4v) is 5.50. The third-order valence-electron chi connectivity index (χ3n) is 7.30. The SMILES string of the molecule is CCc1c(-c2ccc3c(c2)cc(CN2CC4CC4C2CN)n3C)[nH]c(=O)c(C(=O)O)c1O. The van der Waals surface area contributed by atoms with Gasteiger partial charge in [0.1, 0.15) is 5.75 Å². The van der Waals surface area contributed by atoms with Crippen LogP contribution in [-0.2, 0) is 20.0 Å². The van der Waals surface area contributed by atoms with Gasteiger partial charge < -0.3 is 25.5 Å². The largest absolute Gasteiger partial charge is 0.506 e. The van der Waals surface area contributed by atoms with Gasteiger partial charge in [-0.05, 0) is 48.4 Å². The van der Waals surface area contributed by atoms with Crippen LogP contribution in [0.2, 0.25) is 0 Å². The predicted octanol–water partition coefficient (Wildman–Crippen LogP) is 2.28. The Hall–Kier alpha value is -3.10. The van der Waals surface area contributed by atoms with Crippen molar-refractivity contribution in [2.45, 2.75) is 32.4 Å². The molecule has 3 aromatic rings. The number of carboxylic acid groups (broad SMARTS) is 1. The number of aromatic amines is 1. The van der Waals surface area contributed by atoms with Gasteiger partial charge in [-0.1, -0.05) is 13.0 Å². The van der Waals surface area contributed by atoms with Crippen molar-refractivity contribution in [3.05, 3.63) is 51.4 Å². The number of aromatic hydroxyl groups is 1. The van der Waals surface area contributed by atoms with Crippen molar-refractivity contribution < 1.29 is 15.0 Å². The summed E-state index contributed by atoms with van der Waals surface area (Å²) >= 11 is 0. The average Bonchev–Trinajstić information content (AvgIpc) is 3.32. The molecule has 1 saturated carbocycles. The van der Waals surface area contributed by atoms with Crippen LogP contribution in [0.4, 0.5) is 0 Å². The number of hydrogen-bond donors (Lipinski definition) is 4. The monoisotopic (exact) mass is 436 g/mol. The zero-order valence-corrected chi connectivity index (χ0v) is 18.3. The van der Waals surface area contributed by atoms with Crippen molar-refractivity contribution in [2.75, 3.05) is 13.1 Å². The van der Waals surface area contributed by atoms with E-state index < -0.39 is 22.8 Å². The minimum Gasteiger partial charge on any atom is -0.506 e. The van der Waals surface area contributed by atoms with E-state index in [2.05, 4.69) is 27.6 Å². The number of nitrogens with two attached hydrogens (primary N) is 1. The molecule has 1 aromatic carbocycles. The first kappa shape index (κ1) is 20.8. The van der Waals surface area contributed by atoms with Gasteiger partial charge in [0.05, 0.1) is 5.69 Å². The van der Waals surface area contributed by atoms with Crippen LogP contribution in [0.1, 0.15) is 35.0 Å². The molecule has 3 heterocycles. The molecule has 5 rings (SSSR count). The van der Waals surface area contributed by atoms with E-state index in [9.17, 15) is 19.8 Å². The molecule has 168 valence electrons. The van der Waals surface area contributed by atoms with Gasteiger partial charge in [-0.25, -0.2) is 4.79 Å². The summed E-state index contributed by atoms with van der Waals surface area (Å²) in [5.74, 6) is -0.348. The molecule has 0 spiro atoms. The summed E-state index contributed by atoms with van der Waals surface area (Å²) in [4.78, 5) is 28.9. The maximum Gasteiger partial charge on any atom is 0.345 e. The van der Waals surface area contributed by atoms with E-state index in [0.717, 1.165) is 41.4 Å². The van der Waals surface area contributed by atoms with Gasteiger partial charge in [-0.2, -0.15) is 0 Å². The van der Waals surface area contributed by atoms with Gasteiger partial charge in [0.15, 0.2) is 5.56 Å². The van der Waals surface area contributed by atoms with E-state index in [0.29, 0.717) is 30.3 Å². The lowest BCUT2D eigenvalue weighted by atomic mass is 9.99. The number of aromatic nitrogens is 2. The molecule has 3 atom stereocenters. The molecule has 32 heavy (non-hydrogen) atoms. The molecule has 0 bridgehead atoms. The van der Waals surface area contributed by atoms with Crippen LogP contribution in [0.15, 0.2) is 29.1 Å². The number of piperidine rings is 1. The summed E-state index contributed by atoms with van der Waals surface area (Å²) < 4.78 is 2.19. The standard InChI is InChI=1S/C24H28N4O4/c1-3-16-21(26-23(30)20(22(16)29)24(31)32)12-4-5-18-13(6-12)7-15(27(18)2)11-28-10-14-8-17(14)19(28)9-25/h4-7,14,17,19H,3,8-11,25H2,1-2H3,(H,31,32)(H2,26,29,30). The number of carbonyl (C=O) groups is 1. The van der Waals surface area contributed by atoms with Crippen LogP contribution in [0.25, 0.3) is 22.2 Å². The molecule has 2 aliphatic rings. The topological polar surface area (TPSA) is 125 Å². The number of carboxylic acids is 1. The Morgan fingerprint density at radius 3 is 2.78 bits per heavy atom. The third kappa shape index (κ3) is 3.13. The zero-order chi connectivity index (χ0) is 22.7. The number of pyridine rings is 1. The van der Waals surface area contributed by atoms with E-state index in [1.165, 1.54) is 12.1 Å². The van der Waals surface area contributed by atoms with Gasteiger partial charge >= 0.3 is 5.97 Å². The molecule has 3 unspecified atom stereocenters. The molecule has 0 radical (unpaired) electrons. The summed E-state index contributed by atoms with van der Waals surface area (Å²) in [7, 11) is 2.05. The van der Waals surface area contributed by atoms with Crippen molar-refractivity contribution in [3.8, 4) is 17.0 Å². The molecular formula is C24H28N4O4. The van der Waals surface area contributed by atoms with Crippen LogP contribution in [0.5, 0.6) is 5.75 Å². The molecule has 0 amide bonds. The van der Waals surface area contributed by atoms with Crippen LogP contribution in [0, 0.1) is 11.8 Å². The number of benzene rings is 1. The molecular weight excluding hydrogens is 408 g/mol. The molecule has 1 aliphatic carbocycles. The van der Waals surface area contributed by atoms with Crippen LogP contribution >= 0.6 is 0 Å². The molecule has 1 aliphatic heterocycles. The van der Waals surface area contributed by atoms with Crippen molar-refractivity contribution in [2.24, 2.45) is 24.6 Å². The fourth-order valence-electron chi connectivity index (χ4n) is 5.50. The molecule has 2 aromatic heterocycles. The molecule has 5 N–H and O–H groups in total. The normalized spacial score (nSPS) is 22.4. The van der Waals surface area contributed by atoms with E-state index in [1.54, 1.807) is 0 Å². The lowest BCUT2D eigenvalue weighted by Crippen LogP contribution is -2.38. The summed E-state index contributed by atoms with van der Waals surface area (Å²) in [5, 5.41) is 20.8. The van der Waals surface area contributed by atoms with E-state index in [4.69, 9.17) is 5.73 Å². The van der Waals surface area contributed by atoms with E-state index in [1.807, 2.05) is 25.1 Å². The molecule has 8 nitrogen and oxygen atoms in total. The second kappa shape index (κ2) is 7.50. The Kier molecular flexibility index (Phi) is 4.87. The van der Waals surface area contributed by atoms with Crippen molar-refractivity contribution in [3.63, 3.8) is 0 Å². The average molecular weight is 437 g/mol. The van der Waals surface area contributed by atoms with Crippen molar-refractivity contribution in [1.29, 1.82) is 0 Å². The van der Waals surface area contributed by atoms with Gasteiger partial charge in [0, 0.05) is 54.9 Å². The zero-order valence-electron chi connectivity index (χ0n) is 18.3. The Morgan fingerprint density at radius 2 is 2.09 bits per heavy atom. The molecule has 2 fully saturated rings. The van der Waals surface area contributed by atoms with E-state index in [-0.39, 0.29) is 0 Å². The number of aryl methyl sites for hydroxylation is 1. The molecule has 1 saturated heterocycles. The van der Waals surface area contributed by atoms with Crippen LogP contribution < -0.4 is 11.3 Å². The van der Waals surface area contributed by atoms with Crippen LogP contribution in [-0.4, -0.2) is 49.8 Å². The first-order valence-electron chi connectivity index (χ1n) is 11.1. The van der Waals surface area contributed by atoms with Gasteiger partial charge in [0.2, 0.25) is 0 Å². The maximum atomic E-state index is 12.3. The Balaban J connectivity index is 1.53. The Bertz CT molecular complexity index is 1290. The van der Waals surface area contributed by atoms with Gasteiger partial charge in [-0.3, -0.25) is 9.69 Å². The van der Waals surface area contributed by atoms with Gasteiger partial charge in [0.25, 0.3) is 5.56 Å². The Morgan fingerprint density at radius 1 is 1.31 bits per heavy atom. The lowest BCUT2D eigenvalue weighted by Gasteiger charge is -2.26. The van der Waals surface area contributed by atoms with Crippen molar-refractivity contribution >= 4 is 16.9 Å². The second-order valence-corrected chi connectivity index (χ2v) is 9.05. The number of likely N-dealkylation sites (tertiary alicyclic amines) is 1.